The monoisotopic (exact) mass is 454 g/mol. The van der Waals surface area contributed by atoms with Gasteiger partial charge < -0.3 is 14.8 Å². The fourth-order valence-electron chi connectivity index (χ4n) is 3.72. The summed E-state index contributed by atoms with van der Waals surface area (Å²) >= 11 is 0. The number of pyridine rings is 1. The molecule has 168 valence electrons. The molecule has 0 aliphatic carbocycles. The van der Waals surface area contributed by atoms with Crippen molar-refractivity contribution in [1.29, 1.82) is 0 Å². The number of halogens is 3. The van der Waals surface area contributed by atoms with Crippen molar-refractivity contribution in [2.45, 2.75) is 12.4 Å². The average Bonchev–Trinajstić information content (AvgIpc) is 3.37. The van der Waals surface area contributed by atoms with Crippen LogP contribution in [0.5, 0.6) is 11.5 Å². The molecule has 2 amide bonds. The third kappa shape index (κ3) is 3.96. The van der Waals surface area contributed by atoms with Crippen molar-refractivity contribution >= 4 is 28.4 Å². The molecule has 1 saturated heterocycles. The quantitative estimate of drug-likeness (QED) is 0.448. The number of H-pyrrole nitrogens is 1. The van der Waals surface area contributed by atoms with Crippen LogP contribution < -0.4 is 14.5 Å². The van der Waals surface area contributed by atoms with E-state index in [1.54, 1.807) is 36.7 Å². The number of nitrogens with zero attached hydrogens (tertiary/aromatic N) is 3. The van der Waals surface area contributed by atoms with E-state index in [1.165, 1.54) is 12.1 Å². The molecule has 0 radical (unpaired) electrons. The number of hydrogen-bond acceptors (Lipinski definition) is 4. The van der Waals surface area contributed by atoms with Crippen LogP contribution in [0.15, 0.2) is 73.1 Å². The summed E-state index contributed by atoms with van der Waals surface area (Å²) in [5.41, 5.74) is 0.316. The number of fused-ring (bicyclic) bond motifs is 1. The molecular formula is C23H17F3N4O3. The first-order valence-electron chi connectivity index (χ1n) is 9.97. The Balaban J connectivity index is 1.34. The molecule has 2 aromatic carbocycles. The van der Waals surface area contributed by atoms with Gasteiger partial charge in [0, 0.05) is 23.0 Å². The van der Waals surface area contributed by atoms with Crippen LogP contribution in [0.1, 0.15) is 5.56 Å². The third-order valence-corrected chi connectivity index (χ3v) is 5.29. The molecule has 2 N–H and O–H groups in total. The first kappa shape index (κ1) is 20.8. The van der Waals surface area contributed by atoms with E-state index in [-0.39, 0.29) is 12.2 Å². The molecule has 0 saturated carbocycles. The van der Waals surface area contributed by atoms with E-state index in [0.29, 0.717) is 17.2 Å². The largest absolute Gasteiger partial charge is 0.456 e. The van der Waals surface area contributed by atoms with Gasteiger partial charge in [0.25, 0.3) is 0 Å². The van der Waals surface area contributed by atoms with Gasteiger partial charge >= 0.3 is 12.2 Å². The van der Waals surface area contributed by atoms with E-state index in [4.69, 9.17) is 4.74 Å². The molecule has 1 aliphatic rings. The molecule has 1 fully saturated rings. The van der Waals surface area contributed by atoms with Crippen LogP contribution in [0.2, 0.25) is 0 Å². The third-order valence-electron chi connectivity index (χ3n) is 5.29. The van der Waals surface area contributed by atoms with Gasteiger partial charge in [-0.15, -0.1) is 0 Å². The molecule has 0 spiro atoms. The highest BCUT2D eigenvalue weighted by atomic mass is 19.4. The second kappa shape index (κ2) is 7.82. The molecule has 0 bridgehead atoms. The van der Waals surface area contributed by atoms with Gasteiger partial charge in [-0.25, -0.2) is 9.78 Å². The van der Waals surface area contributed by atoms with Crippen LogP contribution >= 0.6 is 0 Å². The zero-order valence-corrected chi connectivity index (χ0v) is 17.0. The predicted molar refractivity (Wildman–Crippen MR) is 115 cm³/mol. The number of aromatic amines is 1. The van der Waals surface area contributed by atoms with Gasteiger partial charge in [-0.3, -0.25) is 9.80 Å². The summed E-state index contributed by atoms with van der Waals surface area (Å²) in [6.07, 6.45) is -2.40. The molecule has 1 aliphatic heterocycles. The lowest BCUT2D eigenvalue weighted by Gasteiger charge is -2.20. The Morgan fingerprint density at radius 1 is 1.03 bits per heavy atom. The number of urea groups is 1. The van der Waals surface area contributed by atoms with E-state index in [0.717, 1.165) is 33.0 Å². The number of aliphatic hydroxyl groups excluding tert-OH is 1. The number of carbonyl (C=O) groups excluding carboxylic acids is 1. The van der Waals surface area contributed by atoms with Gasteiger partial charge in [-0.05, 0) is 54.6 Å². The van der Waals surface area contributed by atoms with Gasteiger partial charge in [0.15, 0.2) is 6.23 Å². The van der Waals surface area contributed by atoms with Gasteiger partial charge in [-0.2, -0.15) is 13.2 Å². The van der Waals surface area contributed by atoms with Crippen LogP contribution in [0.25, 0.3) is 11.0 Å². The highest BCUT2D eigenvalue weighted by Gasteiger charge is 2.39. The maximum Gasteiger partial charge on any atom is 0.416 e. The van der Waals surface area contributed by atoms with Crippen molar-refractivity contribution in [3.8, 4) is 11.5 Å². The van der Waals surface area contributed by atoms with Crippen LogP contribution in [-0.4, -0.2) is 33.9 Å². The zero-order chi connectivity index (χ0) is 23.2. The summed E-state index contributed by atoms with van der Waals surface area (Å²) in [6, 6.07) is 14.0. The molecule has 10 heteroatoms. The van der Waals surface area contributed by atoms with Crippen molar-refractivity contribution in [3.63, 3.8) is 0 Å². The molecule has 1 atom stereocenters. The Labute approximate surface area is 185 Å². The van der Waals surface area contributed by atoms with Crippen LogP contribution in [0.4, 0.5) is 29.3 Å². The molecular weight excluding hydrogens is 437 g/mol. The number of benzene rings is 2. The number of aromatic nitrogens is 2. The Morgan fingerprint density at radius 2 is 1.82 bits per heavy atom. The average molecular weight is 454 g/mol. The topological polar surface area (TPSA) is 81.7 Å². The van der Waals surface area contributed by atoms with Gasteiger partial charge in [0.1, 0.15) is 17.1 Å². The SMILES string of the molecule is O=C1N(c2cccc(C(F)(F)F)c2)C[C@@H](O)N1c1ccc(Oc2cnc3[nH]ccc3c2)cc1. The fourth-order valence-corrected chi connectivity index (χ4v) is 3.72. The number of anilines is 2. The minimum atomic E-state index is -4.53. The lowest BCUT2D eigenvalue weighted by molar-refractivity contribution is -0.137. The summed E-state index contributed by atoms with van der Waals surface area (Å²) in [7, 11) is 0. The summed E-state index contributed by atoms with van der Waals surface area (Å²) in [5.74, 6) is 1.02. The summed E-state index contributed by atoms with van der Waals surface area (Å²) in [4.78, 5) is 22.4. The van der Waals surface area contributed by atoms with E-state index >= 15 is 0 Å². The van der Waals surface area contributed by atoms with Crippen molar-refractivity contribution in [1.82, 2.24) is 9.97 Å². The number of amides is 2. The molecule has 7 nitrogen and oxygen atoms in total. The molecule has 33 heavy (non-hydrogen) atoms. The molecule has 0 unspecified atom stereocenters. The zero-order valence-electron chi connectivity index (χ0n) is 17.0. The van der Waals surface area contributed by atoms with E-state index < -0.39 is 24.0 Å². The van der Waals surface area contributed by atoms with Crippen LogP contribution in [0.3, 0.4) is 0 Å². The highest BCUT2D eigenvalue weighted by Crippen LogP contribution is 2.34. The molecule has 3 heterocycles. The van der Waals surface area contributed by atoms with E-state index in [1.807, 2.05) is 12.1 Å². The van der Waals surface area contributed by atoms with Gasteiger partial charge in [0.2, 0.25) is 0 Å². The number of rotatable bonds is 4. The Hall–Kier alpha value is -4.05. The summed E-state index contributed by atoms with van der Waals surface area (Å²) in [6.45, 7) is -0.166. The molecule has 4 aromatic rings. The number of aliphatic hydroxyl groups is 1. The van der Waals surface area contributed by atoms with Crippen molar-refractivity contribution in [2.75, 3.05) is 16.3 Å². The first-order chi connectivity index (χ1) is 15.8. The number of nitrogens with one attached hydrogen (secondary N) is 1. The minimum Gasteiger partial charge on any atom is -0.456 e. The van der Waals surface area contributed by atoms with E-state index in [9.17, 15) is 23.1 Å². The fraction of sp³-hybridized carbons (Fsp3) is 0.130. The Kier molecular flexibility index (Phi) is 4.94. The van der Waals surface area contributed by atoms with Gasteiger partial charge in [0.05, 0.1) is 18.3 Å². The lowest BCUT2D eigenvalue weighted by Crippen LogP contribution is -2.34. The van der Waals surface area contributed by atoms with Gasteiger partial charge in [-0.1, -0.05) is 6.07 Å². The van der Waals surface area contributed by atoms with Crippen molar-refractivity contribution in [3.05, 3.63) is 78.6 Å². The van der Waals surface area contributed by atoms with E-state index in [2.05, 4.69) is 9.97 Å². The maximum atomic E-state index is 13.0. The number of carbonyl (C=O) groups is 1. The smallest absolute Gasteiger partial charge is 0.416 e. The number of ether oxygens (including phenoxy) is 1. The summed E-state index contributed by atoms with van der Waals surface area (Å²) in [5, 5.41) is 11.4. The highest BCUT2D eigenvalue weighted by molar-refractivity contribution is 6.06. The second-order valence-electron chi connectivity index (χ2n) is 7.47. The molecule has 5 rings (SSSR count). The Morgan fingerprint density at radius 3 is 2.58 bits per heavy atom. The summed E-state index contributed by atoms with van der Waals surface area (Å²) < 4.78 is 44.9. The predicted octanol–water partition coefficient (Wildman–Crippen LogP) is 5.14. The van der Waals surface area contributed by atoms with Crippen LogP contribution in [0, 0.1) is 0 Å². The number of β-amino-alcohol motifs (C(OH)–C–C–N with tert-alkyl or cyclic N) is 1. The maximum absolute atomic E-state index is 13.0. The first-order valence-corrected chi connectivity index (χ1v) is 9.97. The second-order valence-corrected chi connectivity index (χ2v) is 7.47. The minimum absolute atomic E-state index is 0.0592. The molecule has 2 aromatic heterocycles. The number of hydrogen-bond donors (Lipinski definition) is 2. The standard InChI is InChI=1S/C23H17F3N4O3/c24-23(25,26)15-2-1-3-17(11-15)29-13-20(31)30(22(29)32)16-4-6-18(7-5-16)33-19-10-14-8-9-27-21(14)28-12-19/h1-12,20,31H,13H2,(H,27,28)/t20-/m1/s1. The lowest BCUT2D eigenvalue weighted by atomic mass is 10.2. The van der Waals surface area contributed by atoms with Crippen molar-refractivity contribution < 1.29 is 27.8 Å². The Bertz CT molecular complexity index is 1320. The normalized spacial score (nSPS) is 16.6. The number of alkyl halides is 3. The van der Waals surface area contributed by atoms with Crippen LogP contribution in [-0.2, 0) is 6.18 Å². The van der Waals surface area contributed by atoms with Crippen molar-refractivity contribution in [2.24, 2.45) is 0 Å².